The molecule has 0 amide bonds. The number of carboxylic acid groups (broad SMARTS) is 8. The van der Waals surface area contributed by atoms with Crippen LogP contribution >= 0.6 is 0 Å². The van der Waals surface area contributed by atoms with E-state index in [1.54, 1.807) is 0 Å². The van der Waals surface area contributed by atoms with Crippen LogP contribution in [0.25, 0.3) is 22.3 Å². The van der Waals surface area contributed by atoms with Crippen molar-refractivity contribution in [3.8, 4) is 33.8 Å². The lowest BCUT2D eigenvalue weighted by atomic mass is 9.88. The molecule has 0 aliphatic carbocycles. The van der Waals surface area contributed by atoms with Crippen LogP contribution in [0.5, 0.6) is 11.5 Å². The van der Waals surface area contributed by atoms with Gasteiger partial charge in [0, 0.05) is 22.3 Å². The topological polar surface area (TPSA) is 308 Å². The Morgan fingerprint density at radius 3 is 0.898 bits per heavy atom. The molecule has 4 aromatic carbocycles. The maximum absolute atomic E-state index is 12.6. The summed E-state index contributed by atoms with van der Waals surface area (Å²) in [5, 5.41) is 79.1. The lowest BCUT2D eigenvalue weighted by Gasteiger charge is -2.21. The van der Waals surface area contributed by atoms with Gasteiger partial charge in [-0.25, -0.2) is 38.4 Å². The van der Waals surface area contributed by atoms with E-state index in [0.29, 0.717) is 12.1 Å². The minimum absolute atomic E-state index is 0.691. The van der Waals surface area contributed by atoms with Crippen molar-refractivity contribution < 1.29 is 83.9 Å². The minimum atomic E-state index is -1.97. The summed E-state index contributed by atoms with van der Waals surface area (Å²) in [5.74, 6) is -16.4. The molecule has 0 atom stereocenters. The van der Waals surface area contributed by atoms with Gasteiger partial charge in [0.1, 0.15) is 11.5 Å². The van der Waals surface area contributed by atoms with Crippen LogP contribution in [0, 0.1) is 0 Å². The summed E-state index contributed by atoms with van der Waals surface area (Å²) < 4.78 is 5.88. The van der Waals surface area contributed by atoms with E-state index in [0.717, 1.165) is 48.5 Å². The third-order valence-corrected chi connectivity index (χ3v) is 7.00. The van der Waals surface area contributed by atoms with E-state index in [1.807, 2.05) is 0 Å². The number of ether oxygens (including phenoxy) is 1. The number of aromatic carboxylic acids is 8. The molecule has 0 aliphatic heterocycles. The molecule has 0 aromatic heterocycles. The molecule has 17 nitrogen and oxygen atoms in total. The lowest BCUT2D eigenvalue weighted by Crippen LogP contribution is -2.15. The summed E-state index contributed by atoms with van der Waals surface area (Å²) in [7, 11) is 0. The Kier molecular flexibility index (Phi) is 9.14. The summed E-state index contributed by atoms with van der Waals surface area (Å²) in [5.41, 5.74) is -10.9. The van der Waals surface area contributed by atoms with Crippen molar-refractivity contribution in [3.63, 3.8) is 0 Å². The molecule has 0 unspecified atom stereocenters. The van der Waals surface area contributed by atoms with Crippen LogP contribution in [-0.2, 0) is 0 Å². The summed E-state index contributed by atoms with van der Waals surface area (Å²) in [4.78, 5) is 97.8. The Labute approximate surface area is 270 Å². The molecule has 49 heavy (non-hydrogen) atoms. The molecule has 0 radical (unpaired) electrons. The SMILES string of the molecule is O=C(O)c1cccc(-c2c(Oc3ccc(C(=O)O)c(C(=O)O)c3-c3cccc(C(=O)O)c3C(=O)O)ccc(C(=O)O)c2C(=O)O)c1C(=O)O. The number of carbonyl (C=O) groups is 8. The molecule has 0 saturated heterocycles. The normalized spacial score (nSPS) is 10.5. The van der Waals surface area contributed by atoms with E-state index >= 15 is 0 Å². The molecular weight excluding hydrogens is 656 g/mol. The van der Waals surface area contributed by atoms with E-state index in [-0.39, 0.29) is 0 Å². The molecule has 0 heterocycles. The Morgan fingerprint density at radius 2 is 0.633 bits per heavy atom. The van der Waals surface area contributed by atoms with Gasteiger partial charge in [0.05, 0.1) is 44.5 Å². The third-order valence-electron chi connectivity index (χ3n) is 7.00. The first-order valence-corrected chi connectivity index (χ1v) is 13.1. The number of hydrogen-bond acceptors (Lipinski definition) is 9. The van der Waals surface area contributed by atoms with Gasteiger partial charge in [0.25, 0.3) is 0 Å². The summed E-state index contributed by atoms with van der Waals surface area (Å²) in [6, 6.07) is 8.67. The fourth-order valence-electron chi connectivity index (χ4n) is 5.13. The van der Waals surface area contributed by atoms with E-state index in [4.69, 9.17) is 4.74 Å². The lowest BCUT2D eigenvalue weighted by molar-refractivity contribution is 0.0649. The largest absolute Gasteiger partial charge is 0.478 e. The molecule has 4 rings (SSSR count). The number of benzene rings is 4. The van der Waals surface area contributed by atoms with Gasteiger partial charge < -0.3 is 45.6 Å². The average Bonchev–Trinajstić information content (AvgIpc) is 3.02. The zero-order valence-electron chi connectivity index (χ0n) is 24.0. The van der Waals surface area contributed by atoms with Crippen molar-refractivity contribution in [2.45, 2.75) is 0 Å². The van der Waals surface area contributed by atoms with Crippen LogP contribution in [0.4, 0.5) is 0 Å². The predicted octanol–water partition coefficient (Wildman–Crippen LogP) is 4.40. The fraction of sp³-hybridized carbons (Fsp3) is 0. The first-order valence-electron chi connectivity index (χ1n) is 13.1. The zero-order valence-corrected chi connectivity index (χ0v) is 24.0. The Hall–Kier alpha value is -7.56. The highest BCUT2D eigenvalue weighted by Crippen LogP contribution is 2.45. The second-order valence-electron chi connectivity index (χ2n) is 9.72. The van der Waals surface area contributed by atoms with Crippen molar-refractivity contribution >= 4 is 47.8 Å². The molecule has 0 fully saturated rings. The van der Waals surface area contributed by atoms with Gasteiger partial charge >= 0.3 is 47.8 Å². The highest BCUT2D eigenvalue weighted by Gasteiger charge is 2.33. The van der Waals surface area contributed by atoms with E-state index in [2.05, 4.69) is 0 Å². The molecule has 0 spiro atoms. The molecule has 0 aliphatic rings. The van der Waals surface area contributed by atoms with Crippen molar-refractivity contribution in [2.75, 3.05) is 0 Å². The van der Waals surface area contributed by atoms with E-state index < -0.39 is 126 Å². The van der Waals surface area contributed by atoms with Gasteiger partial charge in [-0.3, -0.25) is 0 Å². The summed E-state index contributed by atoms with van der Waals surface area (Å²) in [6.07, 6.45) is 0. The van der Waals surface area contributed by atoms with Gasteiger partial charge in [-0.05, 0) is 36.4 Å². The number of hydrogen-bond donors (Lipinski definition) is 8. The monoisotopic (exact) mass is 674 g/mol. The molecule has 0 saturated carbocycles. The van der Waals surface area contributed by atoms with Crippen molar-refractivity contribution in [1.82, 2.24) is 0 Å². The van der Waals surface area contributed by atoms with Crippen LogP contribution < -0.4 is 4.74 Å². The zero-order chi connectivity index (χ0) is 36.5. The third kappa shape index (κ3) is 6.17. The van der Waals surface area contributed by atoms with Crippen LogP contribution in [0.15, 0.2) is 60.7 Å². The Morgan fingerprint density at radius 1 is 0.347 bits per heavy atom. The average molecular weight is 674 g/mol. The van der Waals surface area contributed by atoms with Gasteiger partial charge in [-0.1, -0.05) is 24.3 Å². The van der Waals surface area contributed by atoms with Crippen LogP contribution in [0.3, 0.4) is 0 Å². The first kappa shape index (κ1) is 34.3. The number of rotatable bonds is 12. The first-order chi connectivity index (χ1) is 23.0. The second kappa shape index (κ2) is 13.0. The smallest absolute Gasteiger partial charge is 0.337 e. The van der Waals surface area contributed by atoms with Crippen molar-refractivity contribution in [3.05, 3.63) is 105 Å². The predicted molar refractivity (Wildman–Crippen MR) is 160 cm³/mol. The van der Waals surface area contributed by atoms with E-state index in [1.165, 1.54) is 0 Å². The van der Waals surface area contributed by atoms with Crippen molar-refractivity contribution in [1.29, 1.82) is 0 Å². The molecule has 8 N–H and O–H groups in total. The highest BCUT2D eigenvalue weighted by molar-refractivity contribution is 6.14. The molecule has 248 valence electrons. The second-order valence-corrected chi connectivity index (χ2v) is 9.72. The highest BCUT2D eigenvalue weighted by atomic mass is 16.5. The van der Waals surface area contributed by atoms with Gasteiger partial charge in [0.15, 0.2) is 0 Å². The van der Waals surface area contributed by atoms with Crippen LogP contribution in [0.2, 0.25) is 0 Å². The summed E-state index contributed by atoms with van der Waals surface area (Å²) in [6.45, 7) is 0. The quantitative estimate of drug-likeness (QED) is 0.103. The molecule has 4 aromatic rings. The fourth-order valence-corrected chi connectivity index (χ4v) is 5.13. The molecule has 17 heteroatoms. The standard InChI is InChI=1S/C32H18O17/c33-25(34)13-5-1-3-11(19(13)29(41)42)21-17(9-7-15(27(37)38)23(21)31(45)46)49-18-10-8-16(28(39)40)24(32(47)48)22(18)12-4-2-6-14(26(35)36)20(12)30(43)44/h1-10H,(H,33,34)(H,35,36)(H,37,38)(H,39,40)(H,41,42)(H,43,44)(H,45,46)(H,47,48). The maximum Gasteiger partial charge on any atom is 0.337 e. The van der Waals surface area contributed by atoms with Gasteiger partial charge in [-0.15, -0.1) is 0 Å². The summed E-state index contributed by atoms with van der Waals surface area (Å²) >= 11 is 0. The molecular formula is C32H18O17. The van der Waals surface area contributed by atoms with Gasteiger partial charge in [-0.2, -0.15) is 0 Å². The van der Waals surface area contributed by atoms with E-state index in [9.17, 15) is 79.2 Å². The Bertz CT molecular complexity index is 2020. The van der Waals surface area contributed by atoms with Crippen LogP contribution in [-0.4, -0.2) is 88.6 Å². The minimum Gasteiger partial charge on any atom is -0.478 e. The van der Waals surface area contributed by atoms with Gasteiger partial charge in [0.2, 0.25) is 0 Å². The Balaban J connectivity index is 2.24. The molecule has 0 bridgehead atoms. The van der Waals surface area contributed by atoms with Crippen molar-refractivity contribution in [2.24, 2.45) is 0 Å². The number of carboxylic acids is 8. The van der Waals surface area contributed by atoms with Crippen LogP contribution in [0.1, 0.15) is 82.9 Å². The maximum atomic E-state index is 12.6.